The molecule has 0 aliphatic carbocycles. The first kappa shape index (κ1) is 16.4. The Morgan fingerprint density at radius 1 is 1.44 bits per heavy atom. The van der Waals surface area contributed by atoms with E-state index in [0.717, 1.165) is 36.4 Å². The van der Waals surface area contributed by atoms with Crippen LogP contribution >= 0.6 is 22.7 Å². The lowest BCUT2D eigenvalue weighted by Gasteiger charge is -2.23. The number of fused-ring (bicyclic) bond motifs is 1. The molecule has 130 valence electrons. The van der Waals surface area contributed by atoms with Crippen molar-refractivity contribution in [2.45, 2.75) is 25.4 Å². The Balaban J connectivity index is 1.60. The van der Waals surface area contributed by atoms with E-state index in [0.29, 0.717) is 10.2 Å². The van der Waals surface area contributed by atoms with Gasteiger partial charge in [-0.2, -0.15) is 0 Å². The molecular formula is C17H18N4O2S2. The van der Waals surface area contributed by atoms with Crippen molar-refractivity contribution in [2.24, 2.45) is 0 Å². The summed E-state index contributed by atoms with van der Waals surface area (Å²) in [5.41, 5.74) is 0.741. The summed E-state index contributed by atoms with van der Waals surface area (Å²) in [6, 6.07) is 4.09. The number of hydrogen-bond acceptors (Lipinski definition) is 6. The van der Waals surface area contributed by atoms with Gasteiger partial charge in [-0.25, -0.2) is 4.98 Å². The van der Waals surface area contributed by atoms with Crippen LogP contribution in [0.25, 0.3) is 20.7 Å². The van der Waals surface area contributed by atoms with E-state index >= 15 is 0 Å². The lowest BCUT2D eigenvalue weighted by atomic mass is 10.1. The van der Waals surface area contributed by atoms with Gasteiger partial charge in [0.1, 0.15) is 11.4 Å². The van der Waals surface area contributed by atoms with Crippen molar-refractivity contribution in [2.75, 3.05) is 13.1 Å². The highest BCUT2D eigenvalue weighted by Crippen LogP contribution is 2.33. The number of carbonyl (C=O) groups is 1. The number of carbonyl (C=O) groups excluding carboxylic acids is 1. The maximum absolute atomic E-state index is 12.9. The van der Waals surface area contributed by atoms with E-state index in [1.165, 1.54) is 22.2 Å². The summed E-state index contributed by atoms with van der Waals surface area (Å²) in [5, 5.41) is 10.8. The molecule has 3 aromatic rings. The Hall–Kier alpha value is -2.03. The van der Waals surface area contributed by atoms with Crippen LogP contribution in [0.3, 0.4) is 0 Å². The molecule has 25 heavy (non-hydrogen) atoms. The lowest BCUT2D eigenvalue weighted by molar-refractivity contribution is -0.122. The average molecular weight is 374 g/mol. The van der Waals surface area contributed by atoms with Crippen LogP contribution in [0.5, 0.6) is 0 Å². The molecule has 3 aromatic heterocycles. The number of aromatic nitrogens is 2. The van der Waals surface area contributed by atoms with Gasteiger partial charge < -0.3 is 10.6 Å². The van der Waals surface area contributed by atoms with Gasteiger partial charge in [0.15, 0.2) is 0 Å². The smallest absolute Gasteiger partial charge is 0.263 e. The fourth-order valence-electron chi connectivity index (χ4n) is 3.10. The number of piperidine rings is 1. The third-order valence-electron chi connectivity index (χ3n) is 4.32. The standard InChI is InChI=1S/C17H18N4O2S2/c22-14(20-11-3-1-5-18-7-11)8-21-10-19-16-15(17(21)23)12(9-25-16)13-4-2-6-24-13/h2,4,6,9-11,18H,1,3,5,7-8H2,(H,20,22)/t11-/m0/s1. The molecule has 1 fully saturated rings. The van der Waals surface area contributed by atoms with Crippen molar-refractivity contribution in [3.05, 3.63) is 39.6 Å². The number of rotatable bonds is 4. The Morgan fingerprint density at radius 3 is 3.12 bits per heavy atom. The number of nitrogens with one attached hydrogen (secondary N) is 2. The monoisotopic (exact) mass is 374 g/mol. The van der Waals surface area contributed by atoms with Gasteiger partial charge in [-0.1, -0.05) is 6.07 Å². The topological polar surface area (TPSA) is 76.0 Å². The average Bonchev–Trinajstić information content (AvgIpc) is 3.27. The molecule has 1 aliphatic rings. The van der Waals surface area contributed by atoms with E-state index in [9.17, 15) is 9.59 Å². The van der Waals surface area contributed by atoms with Gasteiger partial charge in [-0.05, 0) is 30.8 Å². The summed E-state index contributed by atoms with van der Waals surface area (Å²) < 4.78 is 1.40. The van der Waals surface area contributed by atoms with Crippen LogP contribution in [0.15, 0.2) is 34.0 Å². The molecule has 1 saturated heterocycles. The second-order valence-corrected chi connectivity index (χ2v) is 7.90. The highest BCUT2D eigenvalue weighted by Gasteiger charge is 2.18. The molecule has 0 unspecified atom stereocenters. The van der Waals surface area contributed by atoms with Crippen molar-refractivity contribution < 1.29 is 4.79 Å². The molecule has 4 heterocycles. The number of nitrogens with zero attached hydrogens (tertiary/aromatic N) is 2. The van der Waals surface area contributed by atoms with Crippen LogP contribution in [0.2, 0.25) is 0 Å². The molecule has 0 aromatic carbocycles. The van der Waals surface area contributed by atoms with E-state index < -0.39 is 0 Å². The fourth-order valence-corrected chi connectivity index (χ4v) is 4.82. The second kappa shape index (κ2) is 7.07. The summed E-state index contributed by atoms with van der Waals surface area (Å²) in [6.07, 6.45) is 3.49. The Morgan fingerprint density at radius 2 is 2.36 bits per heavy atom. The molecule has 0 saturated carbocycles. The highest BCUT2D eigenvalue weighted by atomic mass is 32.1. The third-order valence-corrected chi connectivity index (χ3v) is 6.11. The van der Waals surface area contributed by atoms with Gasteiger partial charge in [-0.3, -0.25) is 14.2 Å². The first-order valence-electron chi connectivity index (χ1n) is 8.23. The molecule has 0 spiro atoms. The minimum Gasteiger partial charge on any atom is -0.351 e. The Labute approximate surface area is 152 Å². The molecular weight excluding hydrogens is 356 g/mol. The minimum atomic E-state index is -0.161. The van der Waals surface area contributed by atoms with E-state index in [-0.39, 0.29) is 24.1 Å². The molecule has 0 radical (unpaired) electrons. The van der Waals surface area contributed by atoms with Crippen LogP contribution in [0, 0.1) is 0 Å². The quantitative estimate of drug-likeness (QED) is 0.733. The lowest BCUT2D eigenvalue weighted by Crippen LogP contribution is -2.47. The largest absolute Gasteiger partial charge is 0.351 e. The van der Waals surface area contributed by atoms with Crippen LogP contribution in [0.4, 0.5) is 0 Å². The first-order chi connectivity index (χ1) is 12.2. The number of hydrogen-bond donors (Lipinski definition) is 2. The van der Waals surface area contributed by atoms with Gasteiger partial charge in [0.2, 0.25) is 5.91 Å². The number of thiophene rings is 2. The van der Waals surface area contributed by atoms with Crippen LogP contribution in [-0.2, 0) is 11.3 Å². The Kier molecular flexibility index (Phi) is 4.65. The van der Waals surface area contributed by atoms with Crippen molar-refractivity contribution in [3.63, 3.8) is 0 Å². The first-order valence-corrected chi connectivity index (χ1v) is 9.99. The molecule has 0 bridgehead atoms. The molecule has 6 nitrogen and oxygen atoms in total. The Bertz CT molecular complexity index is 939. The van der Waals surface area contributed by atoms with Crippen molar-refractivity contribution in [1.29, 1.82) is 0 Å². The van der Waals surface area contributed by atoms with Gasteiger partial charge in [0.25, 0.3) is 5.56 Å². The molecule has 1 aliphatic heterocycles. The molecule has 1 amide bonds. The van der Waals surface area contributed by atoms with Gasteiger partial charge in [0.05, 0.1) is 11.7 Å². The van der Waals surface area contributed by atoms with Crippen molar-refractivity contribution in [3.8, 4) is 10.4 Å². The zero-order valence-corrected chi connectivity index (χ0v) is 15.2. The summed E-state index contributed by atoms with van der Waals surface area (Å²) in [7, 11) is 0. The number of amides is 1. The van der Waals surface area contributed by atoms with Crippen LogP contribution in [-0.4, -0.2) is 34.6 Å². The van der Waals surface area contributed by atoms with Crippen molar-refractivity contribution in [1.82, 2.24) is 20.2 Å². The predicted octanol–water partition coefficient (Wildman–Crippen LogP) is 2.05. The second-order valence-electron chi connectivity index (χ2n) is 6.10. The molecule has 8 heteroatoms. The maximum atomic E-state index is 12.9. The van der Waals surface area contributed by atoms with Gasteiger partial charge in [-0.15, -0.1) is 22.7 Å². The van der Waals surface area contributed by atoms with Crippen LogP contribution in [0.1, 0.15) is 12.8 Å². The van der Waals surface area contributed by atoms with Crippen LogP contribution < -0.4 is 16.2 Å². The molecule has 2 N–H and O–H groups in total. The van der Waals surface area contributed by atoms with Gasteiger partial charge >= 0.3 is 0 Å². The fraction of sp³-hybridized carbons (Fsp3) is 0.353. The zero-order chi connectivity index (χ0) is 17.2. The summed E-state index contributed by atoms with van der Waals surface area (Å²) in [6.45, 7) is 1.78. The van der Waals surface area contributed by atoms with E-state index in [2.05, 4.69) is 15.6 Å². The third kappa shape index (κ3) is 3.37. The highest BCUT2D eigenvalue weighted by molar-refractivity contribution is 7.18. The van der Waals surface area contributed by atoms with Gasteiger partial charge in [0, 0.05) is 28.4 Å². The van der Waals surface area contributed by atoms with Crippen molar-refractivity contribution >= 4 is 38.8 Å². The van der Waals surface area contributed by atoms with E-state index in [1.807, 2.05) is 22.9 Å². The normalized spacial score (nSPS) is 17.7. The maximum Gasteiger partial charge on any atom is 0.263 e. The summed E-state index contributed by atoms with van der Waals surface area (Å²) in [4.78, 5) is 31.3. The zero-order valence-electron chi connectivity index (χ0n) is 13.5. The minimum absolute atomic E-state index is 0.00198. The molecule has 1 atom stereocenters. The van der Waals surface area contributed by atoms with E-state index in [1.54, 1.807) is 11.3 Å². The summed E-state index contributed by atoms with van der Waals surface area (Å²) >= 11 is 3.05. The molecule has 4 rings (SSSR count). The predicted molar refractivity (Wildman–Crippen MR) is 101 cm³/mol. The summed E-state index contributed by atoms with van der Waals surface area (Å²) in [5.74, 6) is -0.148. The SMILES string of the molecule is O=C(Cn1cnc2scc(-c3cccs3)c2c1=O)N[C@H]1CCCNC1. The van der Waals surface area contributed by atoms with E-state index in [4.69, 9.17) is 0 Å².